The lowest BCUT2D eigenvalue weighted by atomic mass is 9.56. The first-order valence-corrected chi connectivity index (χ1v) is 14.3. The van der Waals surface area contributed by atoms with Crippen LogP contribution in [0.2, 0.25) is 0 Å². The van der Waals surface area contributed by atoms with E-state index >= 15 is 0 Å². The molecule has 6 atom stereocenters. The van der Waals surface area contributed by atoms with Gasteiger partial charge in [0, 0.05) is 22.9 Å². The standard InChI is InChI=1S/C24H27N5O4S2/c1-35(32,33)29-14-4-5-16-19(13(14)10-25)24-7-6-12(22(31)17(30)9-24)20(24)21(27-16)11-2-3-15-18(8-11)34-23(26)28-15/h2-5,8,10,12,17,20-22,25,27,29-31H,6-7,9H2,1H3,(H2,26,28)/t12?,17-,20+,21?,22?,24?/m1/s1. The molecule has 2 fully saturated rings. The summed E-state index contributed by atoms with van der Waals surface area (Å²) in [6, 6.07) is 9.47. The van der Waals surface area contributed by atoms with Gasteiger partial charge in [0.1, 0.15) is 0 Å². The topological polar surface area (TPSA) is 161 Å². The van der Waals surface area contributed by atoms with Crippen LogP contribution in [0.3, 0.4) is 0 Å². The van der Waals surface area contributed by atoms with Gasteiger partial charge in [-0.25, -0.2) is 13.4 Å². The summed E-state index contributed by atoms with van der Waals surface area (Å²) in [4.78, 5) is 4.36. The van der Waals surface area contributed by atoms with Gasteiger partial charge in [0.05, 0.1) is 40.4 Å². The smallest absolute Gasteiger partial charge is 0.229 e. The number of sulfonamides is 1. The SMILES string of the molecule is CS(=O)(=O)Nc1ccc2c(c1C=N)C13CCC(C(O)[C@H](O)C1)[C@H]3C(c1ccc3nc(N)sc3c1)N2. The maximum Gasteiger partial charge on any atom is 0.229 e. The number of aliphatic hydroxyl groups is 2. The molecule has 2 heterocycles. The van der Waals surface area contributed by atoms with Crippen LogP contribution in [0.1, 0.15) is 42.0 Å². The zero-order chi connectivity index (χ0) is 24.7. The number of anilines is 3. The van der Waals surface area contributed by atoms with Gasteiger partial charge in [0.2, 0.25) is 10.0 Å². The van der Waals surface area contributed by atoms with Gasteiger partial charge in [-0.15, -0.1) is 0 Å². The normalized spacial score (nSPS) is 31.5. The van der Waals surface area contributed by atoms with Crippen LogP contribution in [0.5, 0.6) is 0 Å². The van der Waals surface area contributed by atoms with Crippen molar-refractivity contribution in [1.82, 2.24) is 4.98 Å². The molecule has 1 aliphatic heterocycles. The molecule has 2 aromatic carbocycles. The van der Waals surface area contributed by atoms with E-state index in [2.05, 4.69) is 21.1 Å². The van der Waals surface area contributed by atoms with E-state index in [4.69, 9.17) is 11.1 Å². The van der Waals surface area contributed by atoms with E-state index in [-0.39, 0.29) is 17.9 Å². The van der Waals surface area contributed by atoms with Gasteiger partial charge in [-0.2, -0.15) is 0 Å². The van der Waals surface area contributed by atoms with Crippen molar-refractivity contribution in [3.05, 3.63) is 47.0 Å². The van der Waals surface area contributed by atoms with E-state index in [9.17, 15) is 18.6 Å². The molecule has 0 saturated heterocycles. The lowest BCUT2D eigenvalue weighted by Gasteiger charge is -2.53. The van der Waals surface area contributed by atoms with Crippen molar-refractivity contribution in [1.29, 1.82) is 5.41 Å². The Labute approximate surface area is 207 Å². The number of aromatic nitrogens is 1. The van der Waals surface area contributed by atoms with Gasteiger partial charge in [-0.05, 0) is 66.5 Å². The number of hydrogen-bond donors (Lipinski definition) is 6. The number of nitrogens with one attached hydrogen (secondary N) is 3. The van der Waals surface area contributed by atoms with Crippen LogP contribution in [0.25, 0.3) is 10.2 Å². The van der Waals surface area contributed by atoms with E-state index in [1.807, 2.05) is 18.2 Å². The monoisotopic (exact) mass is 513 g/mol. The molecular weight excluding hydrogens is 486 g/mol. The molecule has 2 saturated carbocycles. The summed E-state index contributed by atoms with van der Waals surface area (Å²) in [6.07, 6.45) is 2.36. The first-order valence-electron chi connectivity index (χ1n) is 11.6. The highest BCUT2D eigenvalue weighted by molar-refractivity contribution is 7.92. The summed E-state index contributed by atoms with van der Waals surface area (Å²) >= 11 is 1.43. The molecule has 9 nitrogen and oxygen atoms in total. The number of thiazole rings is 1. The zero-order valence-corrected chi connectivity index (χ0v) is 20.7. The summed E-state index contributed by atoms with van der Waals surface area (Å²) in [7, 11) is -3.55. The van der Waals surface area contributed by atoms with E-state index in [0.717, 1.165) is 46.1 Å². The Balaban J connectivity index is 1.57. The summed E-state index contributed by atoms with van der Waals surface area (Å²) in [5, 5.41) is 34.2. The summed E-state index contributed by atoms with van der Waals surface area (Å²) < 4.78 is 27.6. The highest BCUT2D eigenvalue weighted by atomic mass is 32.2. The molecule has 0 spiro atoms. The fourth-order valence-corrected chi connectivity index (χ4v) is 8.32. The van der Waals surface area contributed by atoms with Crippen molar-refractivity contribution in [2.75, 3.05) is 22.0 Å². The average Bonchev–Trinajstić information content (AvgIpc) is 3.33. The van der Waals surface area contributed by atoms with E-state index < -0.39 is 27.6 Å². The second-order valence-corrected chi connectivity index (χ2v) is 12.8. The molecule has 6 rings (SSSR count). The molecule has 35 heavy (non-hydrogen) atoms. The summed E-state index contributed by atoms with van der Waals surface area (Å²) in [5.74, 6) is -0.194. The Kier molecular flexibility index (Phi) is 4.95. The Morgan fingerprint density at radius 2 is 2.11 bits per heavy atom. The molecular formula is C24H27N5O4S2. The molecule has 0 amide bonds. The average molecular weight is 514 g/mol. The molecule has 4 unspecified atom stereocenters. The third-order valence-corrected chi connectivity index (χ3v) is 9.51. The number of hydrogen-bond acceptors (Lipinski definition) is 9. The minimum absolute atomic E-state index is 0.0525. The van der Waals surface area contributed by atoms with Crippen LogP contribution in [0.15, 0.2) is 30.3 Å². The fourth-order valence-electron chi connectivity index (χ4n) is 6.96. The lowest BCUT2D eigenvalue weighted by Crippen LogP contribution is -2.55. The van der Waals surface area contributed by atoms with Gasteiger partial charge >= 0.3 is 0 Å². The molecule has 2 aliphatic carbocycles. The first kappa shape index (κ1) is 22.7. The van der Waals surface area contributed by atoms with E-state index in [1.165, 1.54) is 17.6 Å². The minimum atomic E-state index is -3.55. The third kappa shape index (κ3) is 3.36. The minimum Gasteiger partial charge on any atom is -0.390 e. The second kappa shape index (κ2) is 7.63. The largest absolute Gasteiger partial charge is 0.390 e. The third-order valence-electron chi connectivity index (χ3n) is 8.07. The molecule has 2 bridgehead atoms. The van der Waals surface area contributed by atoms with Gasteiger partial charge in [0.25, 0.3) is 0 Å². The van der Waals surface area contributed by atoms with Crippen molar-refractivity contribution in [3.8, 4) is 0 Å². The molecule has 3 aromatic rings. The van der Waals surface area contributed by atoms with Crippen molar-refractivity contribution < 1.29 is 18.6 Å². The van der Waals surface area contributed by atoms with Crippen molar-refractivity contribution in [2.45, 2.75) is 42.9 Å². The number of aliphatic hydroxyl groups excluding tert-OH is 2. The van der Waals surface area contributed by atoms with Gasteiger partial charge < -0.3 is 26.7 Å². The highest BCUT2D eigenvalue weighted by Crippen LogP contribution is 2.65. The molecule has 1 aromatic heterocycles. The van der Waals surface area contributed by atoms with Gasteiger partial charge in [-0.3, -0.25) is 4.72 Å². The molecule has 0 radical (unpaired) electrons. The predicted octanol–water partition coefficient (Wildman–Crippen LogP) is 2.80. The molecule has 3 aliphatic rings. The predicted molar refractivity (Wildman–Crippen MR) is 138 cm³/mol. The summed E-state index contributed by atoms with van der Waals surface area (Å²) in [5.41, 5.74) is 9.81. The maximum absolute atomic E-state index is 12.0. The number of fused-ring (bicyclic) bond motifs is 2. The van der Waals surface area contributed by atoms with Crippen molar-refractivity contribution >= 4 is 54.3 Å². The van der Waals surface area contributed by atoms with Crippen molar-refractivity contribution in [3.63, 3.8) is 0 Å². The first-order chi connectivity index (χ1) is 16.6. The Hall–Kier alpha value is -2.73. The number of nitrogen functional groups attached to an aromatic ring is 1. The van der Waals surface area contributed by atoms with Crippen LogP contribution in [0, 0.1) is 17.2 Å². The van der Waals surface area contributed by atoms with Crippen molar-refractivity contribution in [2.24, 2.45) is 11.8 Å². The molecule has 7 N–H and O–H groups in total. The van der Waals surface area contributed by atoms with E-state index in [1.54, 1.807) is 6.07 Å². The molecule has 11 heteroatoms. The number of nitrogens with two attached hydrogens (primary N) is 1. The van der Waals surface area contributed by atoms with Crippen LogP contribution in [0.4, 0.5) is 16.5 Å². The van der Waals surface area contributed by atoms with Gasteiger partial charge in [-0.1, -0.05) is 17.4 Å². The number of rotatable bonds is 4. The Morgan fingerprint density at radius 3 is 2.86 bits per heavy atom. The lowest BCUT2D eigenvalue weighted by molar-refractivity contribution is -0.0803. The Bertz CT molecular complexity index is 1470. The second-order valence-electron chi connectivity index (χ2n) is 10.0. The number of benzene rings is 2. The van der Waals surface area contributed by atoms with Crippen LogP contribution in [-0.4, -0.2) is 48.3 Å². The van der Waals surface area contributed by atoms with Crippen LogP contribution < -0.4 is 15.8 Å². The Morgan fingerprint density at radius 1 is 1.31 bits per heavy atom. The maximum atomic E-state index is 12.0. The molecule has 184 valence electrons. The quantitative estimate of drug-likeness (QED) is 0.292. The summed E-state index contributed by atoms with van der Waals surface area (Å²) in [6.45, 7) is 0. The van der Waals surface area contributed by atoms with Gasteiger partial charge in [0.15, 0.2) is 5.13 Å². The fraction of sp³-hybridized carbons (Fsp3) is 0.417. The van der Waals surface area contributed by atoms with Crippen LogP contribution in [-0.2, 0) is 15.4 Å². The highest BCUT2D eigenvalue weighted by Gasteiger charge is 2.63. The zero-order valence-electron chi connectivity index (χ0n) is 19.0. The van der Waals surface area contributed by atoms with E-state index in [0.29, 0.717) is 22.8 Å². The number of nitrogens with zero attached hydrogens (tertiary/aromatic N) is 1. The van der Waals surface area contributed by atoms with Crippen LogP contribution >= 0.6 is 11.3 Å².